The number of benzene rings is 2. The van der Waals surface area contributed by atoms with Crippen molar-refractivity contribution < 1.29 is 23.4 Å². The van der Waals surface area contributed by atoms with Crippen LogP contribution in [0.5, 0.6) is 5.75 Å². The van der Waals surface area contributed by atoms with E-state index >= 15 is 4.39 Å². The predicted molar refractivity (Wildman–Crippen MR) is 141 cm³/mol. The van der Waals surface area contributed by atoms with Crippen molar-refractivity contribution in [1.29, 1.82) is 0 Å². The Morgan fingerprint density at radius 1 is 1.19 bits per heavy atom. The van der Waals surface area contributed by atoms with Crippen molar-refractivity contribution in [2.24, 2.45) is 0 Å². The molecular weight excluding hydrogens is 500 g/mol. The minimum atomic E-state index is -1.34. The first-order valence-electron chi connectivity index (χ1n) is 12.2. The van der Waals surface area contributed by atoms with Crippen molar-refractivity contribution >= 4 is 39.8 Å². The number of halogens is 2. The maximum atomic E-state index is 15.6. The van der Waals surface area contributed by atoms with Crippen LogP contribution in [0.15, 0.2) is 41.3 Å². The third-order valence-corrected chi connectivity index (χ3v) is 7.48. The summed E-state index contributed by atoms with van der Waals surface area (Å²) in [4.78, 5) is 29.3. The number of rotatable bonds is 6. The number of fused-ring (bicyclic) bond motifs is 1. The first kappa shape index (κ1) is 25.1. The van der Waals surface area contributed by atoms with Crippen LogP contribution >= 0.6 is 12.2 Å². The molecule has 1 aliphatic heterocycles. The summed E-state index contributed by atoms with van der Waals surface area (Å²) in [7, 11) is 1.43. The molecule has 1 saturated heterocycles. The smallest absolute Gasteiger partial charge is 0.341 e. The zero-order valence-corrected chi connectivity index (χ0v) is 21.4. The lowest BCUT2D eigenvalue weighted by molar-refractivity contribution is 0.0694. The Labute approximate surface area is 217 Å². The molecule has 2 aromatic carbocycles. The zero-order valence-electron chi connectivity index (χ0n) is 20.5. The third kappa shape index (κ3) is 4.66. The maximum absolute atomic E-state index is 15.6. The van der Waals surface area contributed by atoms with Crippen molar-refractivity contribution in [3.05, 3.63) is 69.5 Å². The van der Waals surface area contributed by atoms with E-state index in [1.807, 2.05) is 11.8 Å². The van der Waals surface area contributed by atoms with Gasteiger partial charge in [-0.25, -0.2) is 13.6 Å². The Morgan fingerprint density at radius 3 is 2.49 bits per heavy atom. The van der Waals surface area contributed by atoms with Crippen molar-refractivity contribution in [1.82, 2.24) is 9.47 Å². The molecule has 0 radical (unpaired) electrons. The van der Waals surface area contributed by atoms with E-state index in [1.165, 1.54) is 25.4 Å². The number of anilines is 1. The first-order valence-corrected chi connectivity index (χ1v) is 12.6. The highest BCUT2D eigenvalue weighted by Crippen LogP contribution is 2.44. The summed E-state index contributed by atoms with van der Waals surface area (Å²) in [5.74, 6) is -2.05. The highest BCUT2D eigenvalue weighted by Gasteiger charge is 2.33. The van der Waals surface area contributed by atoms with Gasteiger partial charge in [0.2, 0.25) is 5.43 Å². The van der Waals surface area contributed by atoms with Gasteiger partial charge in [0.1, 0.15) is 17.1 Å². The van der Waals surface area contributed by atoms with Gasteiger partial charge in [0.25, 0.3) is 0 Å². The lowest BCUT2D eigenvalue weighted by Gasteiger charge is -2.43. The molecule has 0 amide bonds. The Morgan fingerprint density at radius 2 is 1.89 bits per heavy atom. The van der Waals surface area contributed by atoms with Crippen molar-refractivity contribution in [3.63, 3.8) is 0 Å². The number of hydrogen-bond donors (Lipinski definition) is 1. The van der Waals surface area contributed by atoms with Gasteiger partial charge in [-0.3, -0.25) is 4.79 Å². The minimum Gasteiger partial charge on any atom is -0.492 e. The quantitative estimate of drug-likeness (QED) is 0.477. The molecule has 37 heavy (non-hydrogen) atoms. The minimum absolute atomic E-state index is 0.00272. The fraction of sp³-hybridized carbons (Fsp3) is 0.370. The highest BCUT2D eigenvalue weighted by molar-refractivity contribution is 7.80. The van der Waals surface area contributed by atoms with E-state index in [1.54, 1.807) is 16.7 Å². The van der Waals surface area contributed by atoms with Gasteiger partial charge in [-0.1, -0.05) is 24.4 Å². The highest BCUT2D eigenvalue weighted by atomic mass is 32.1. The van der Waals surface area contributed by atoms with E-state index in [2.05, 4.69) is 4.90 Å². The number of piperazine rings is 1. The normalized spacial score (nSPS) is 17.8. The van der Waals surface area contributed by atoms with E-state index in [0.717, 1.165) is 29.5 Å². The zero-order chi connectivity index (χ0) is 26.4. The van der Waals surface area contributed by atoms with Gasteiger partial charge >= 0.3 is 5.97 Å². The summed E-state index contributed by atoms with van der Waals surface area (Å²) in [6.45, 7) is 3.49. The summed E-state index contributed by atoms with van der Waals surface area (Å²) in [5.41, 5.74) is 0.473. The average molecular weight is 528 g/mol. The number of aromatic nitrogens is 1. The van der Waals surface area contributed by atoms with Crippen molar-refractivity contribution in [3.8, 4) is 5.75 Å². The molecule has 2 fully saturated rings. The summed E-state index contributed by atoms with van der Waals surface area (Å²) >= 11 is 5.69. The van der Waals surface area contributed by atoms with Crippen LogP contribution in [-0.4, -0.2) is 58.3 Å². The number of hydrogen-bond acceptors (Lipinski definition) is 5. The van der Waals surface area contributed by atoms with Gasteiger partial charge in [0.15, 0.2) is 11.6 Å². The summed E-state index contributed by atoms with van der Waals surface area (Å²) in [5, 5.41) is 9.53. The molecule has 1 saturated carbocycles. The third-order valence-electron chi connectivity index (χ3n) is 7.11. The second-order valence-corrected chi connectivity index (χ2v) is 10.1. The molecule has 7 nitrogen and oxygen atoms in total. The number of nitrogens with zero attached hydrogens (tertiary/aromatic N) is 3. The van der Waals surface area contributed by atoms with Gasteiger partial charge < -0.3 is 24.2 Å². The fourth-order valence-electron chi connectivity index (χ4n) is 5.13. The molecular formula is C27H27F2N3O4S. The molecule has 5 rings (SSSR count). The molecule has 194 valence electrons. The van der Waals surface area contributed by atoms with Crippen LogP contribution in [0.2, 0.25) is 0 Å². The molecule has 1 atom stereocenters. The van der Waals surface area contributed by atoms with E-state index in [4.69, 9.17) is 17.0 Å². The number of ether oxygens (including phenoxy) is 1. The Bertz CT molecular complexity index is 1450. The van der Waals surface area contributed by atoms with Crippen LogP contribution in [0.3, 0.4) is 0 Å². The molecule has 0 bridgehead atoms. The monoisotopic (exact) mass is 527 g/mol. The SMILES string of the molecule is COc1c(N2CCN(C(=S)Cc3ccc(F)cc3)C(C)C2)c(F)cc2c(=O)c(C(=O)O)cn(C3CC3)c12. The molecule has 10 heteroatoms. The van der Waals surface area contributed by atoms with Crippen molar-refractivity contribution in [2.75, 3.05) is 31.6 Å². The molecule has 1 N–H and O–H groups in total. The molecule has 2 aliphatic rings. The fourth-order valence-corrected chi connectivity index (χ4v) is 5.57. The Hall–Kier alpha value is -3.53. The Kier molecular flexibility index (Phi) is 6.61. The lowest BCUT2D eigenvalue weighted by atomic mass is 10.1. The molecule has 3 aromatic rings. The van der Waals surface area contributed by atoms with E-state index in [9.17, 15) is 19.1 Å². The van der Waals surface area contributed by atoms with Crippen LogP contribution in [0.4, 0.5) is 14.5 Å². The van der Waals surface area contributed by atoms with Gasteiger partial charge in [0, 0.05) is 44.3 Å². The van der Waals surface area contributed by atoms with E-state index in [0.29, 0.717) is 31.6 Å². The summed E-state index contributed by atoms with van der Waals surface area (Å²) in [6, 6.07) is 7.38. The topological polar surface area (TPSA) is 75.0 Å². The Balaban J connectivity index is 1.48. The maximum Gasteiger partial charge on any atom is 0.341 e. The number of carboxylic acids is 1. The molecule has 1 aromatic heterocycles. The van der Waals surface area contributed by atoms with E-state index < -0.39 is 17.2 Å². The van der Waals surface area contributed by atoms with Crippen LogP contribution in [-0.2, 0) is 6.42 Å². The number of aromatic carboxylic acids is 1. The molecule has 1 aliphatic carbocycles. The second kappa shape index (κ2) is 9.74. The second-order valence-electron chi connectivity index (χ2n) is 9.64. The molecule has 2 heterocycles. The van der Waals surface area contributed by atoms with Gasteiger partial charge in [-0.15, -0.1) is 0 Å². The average Bonchev–Trinajstić information content (AvgIpc) is 3.70. The van der Waals surface area contributed by atoms with Gasteiger partial charge in [-0.2, -0.15) is 0 Å². The summed E-state index contributed by atoms with van der Waals surface area (Å²) in [6.07, 6.45) is 3.54. The lowest BCUT2D eigenvalue weighted by Crippen LogP contribution is -2.54. The van der Waals surface area contributed by atoms with E-state index in [-0.39, 0.29) is 40.3 Å². The summed E-state index contributed by atoms with van der Waals surface area (Å²) < 4.78 is 36.3. The first-order chi connectivity index (χ1) is 17.7. The van der Waals surface area contributed by atoms with Crippen LogP contribution in [0.25, 0.3) is 10.9 Å². The number of carboxylic acid groups (broad SMARTS) is 1. The van der Waals surface area contributed by atoms with Crippen LogP contribution in [0, 0.1) is 11.6 Å². The number of thiocarbonyl (C=S) groups is 1. The molecule has 1 unspecified atom stereocenters. The van der Waals surface area contributed by atoms with Gasteiger partial charge in [-0.05, 0) is 43.5 Å². The number of methoxy groups -OCH3 is 1. The number of carbonyl (C=O) groups is 1. The standard InChI is InChI=1S/C27H27F2N3O4S/c1-15-13-30(9-10-31(15)22(37)11-16-3-5-17(28)6-4-16)24-21(29)12-19-23(26(24)36-2)32(18-7-8-18)14-20(25(19)33)27(34)35/h3-6,12,14-15,18H,7-11,13H2,1-2H3,(H,34,35). The van der Waals surface area contributed by atoms with Gasteiger partial charge in [0.05, 0.1) is 23.0 Å². The largest absolute Gasteiger partial charge is 0.492 e. The predicted octanol–water partition coefficient (Wildman–Crippen LogP) is 4.40. The van der Waals surface area contributed by atoms with Crippen molar-refractivity contribution in [2.45, 2.75) is 38.3 Å². The van der Waals surface area contributed by atoms with Crippen LogP contribution < -0.4 is 15.1 Å². The van der Waals surface area contributed by atoms with Crippen LogP contribution in [0.1, 0.15) is 41.7 Å². The number of pyridine rings is 1. The molecule has 0 spiro atoms.